The summed E-state index contributed by atoms with van der Waals surface area (Å²) in [7, 11) is 0. The van der Waals surface area contributed by atoms with Gasteiger partial charge in [0.2, 0.25) is 5.91 Å². The number of carbonyl (C=O) groups is 1. The molecule has 1 aliphatic rings. The molecule has 2 N–H and O–H groups in total. The fourth-order valence-electron chi connectivity index (χ4n) is 3.21. The van der Waals surface area contributed by atoms with E-state index in [1.54, 1.807) is 24.3 Å². The van der Waals surface area contributed by atoms with Gasteiger partial charge in [0.05, 0.1) is 12.1 Å². The molecule has 0 radical (unpaired) electrons. The SMILES string of the molecule is C=CCn1c(Cc2csc(NC(=O)C3CC3c3ccccc3F)n2)n[nH]c1=S. The lowest BCUT2D eigenvalue weighted by molar-refractivity contribution is -0.117. The number of aromatic nitrogens is 4. The van der Waals surface area contributed by atoms with Gasteiger partial charge in [0, 0.05) is 17.8 Å². The van der Waals surface area contributed by atoms with Gasteiger partial charge in [-0.15, -0.1) is 17.9 Å². The van der Waals surface area contributed by atoms with Crippen LogP contribution in [0.2, 0.25) is 0 Å². The van der Waals surface area contributed by atoms with Gasteiger partial charge >= 0.3 is 0 Å². The van der Waals surface area contributed by atoms with Crippen molar-refractivity contribution in [3.05, 3.63) is 70.0 Å². The maximum Gasteiger partial charge on any atom is 0.229 e. The standard InChI is InChI=1S/C19H18FN5OS2/c1-2-7-25-16(23-24-19(25)27)8-11-10-28-18(21-11)22-17(26)14-9-13(14)12-5-3-4-6-15(12)20/h2-6,10,13-14H,1,7-9H2,(H,24,27)(H,21,22,26). The lowest BCUT2D eigenvalue weighted by Gasteiger charge is -2.03. The highest BCUT2D eigenvalue weighted by atomic mass is 32.1. The average molecular weight is 416 g/mol. The van der Waals surface area contributed by atoms with Crippen molar-refractivity contribution < 1.29 is 9.18 Å². The van der Waals surface area contributed by atoms with Crippen LogP contribution in [0.3, 0.4) is 0 Å². The molecule has 2 atom stereocenters. The van der Waals surface area contributed by atoms with Crippen LogP contribution in [-0.2, 0) is 17.8 Å². The van der Waals surface area contributed by atoms with Gasteiger partial charge in [-0.25, -0.2) is 9.37 Å². The average Bonchev–Trinajstić information content (AvgIpc) is 3.25. The van der Waals surface area contributed by atoms with Gasteiger partial charge in [0.25, 0.3) is 0 Å². The molecule has 4 rings (SSSR count). The Kier molecular flexibility index (Phi) is 5.19. The lowest BCUT2D eigenvalue weighted by Crippen LogP contribution is -2.14. The van der Waals surface area contributed by atoms with Crippen molar-refractivity contribution >= 4 is 34.6 Å². The molecule has 28 heavy (non-hydrogen) atoms. The molecule has 0 bridgehead atoms. The molecule has 1 saturated carbocycles. The summed E-state index contributed by atoms with van der Waals surface area (Å²) in [6.07, 6.45) is 2.90. The van der Waals surface area contributed by atoms with Gasteiger partial charge < -0.3 is 5.32 Å². The number of carbonyl (C=O) groups excluding carboxylic acids is 1. The Labute approximate surface area is 170 Å². The van der Waals surface area contributed by atoms with E-state index in [1.807, 2.05) is 9.95 Å². The van der Waals surface area contributed by atoms with E-state index in [9.17, 15) is 9.18 Å². The predicted molar refractivity (Wildman–Crippen MR) is 108 cm³/mol. The Hall–Kier alpha value is -2.65. The molecule has 1 fully saturated rings. The van der Waals surface area contributed by atoms with Crippen LogP contribution in [0.25, 0.3) is 0 Å². The molecule has 2 heterocycles. The Morgan fingerprint density at radius 1 is 1.50 bits per heavy atom. The van der Waals surface area contributed by atoms with Crippen molar-refractivity contribution in [2.45, 2.75) is 25.3 Å². The van der Waals surface area contributed by atoms with E-state index in [2.05, 4.69) is 27.1 Å². The first-order valence-corrected chi connectivity index (χ1v) is 10.1. The first-order chi connectivity index (χ1) is 13.6. The summed E-state index contributed by atoms with van der Waals surface area (Å²) in [6, 6.07) is 6.61. The zero-order valence-electron chi connectivity index (χ0n) is 14.9. The molecule has 6 nitrogen and oxygen atoms in total. The van der Waals surface area contributed by atoms with Gasteiger partial charge in [0.15, 0.2) is 9.90 Å². The smallest absolute Gasteiger partial charge is 0.229 e. The molecule has 3 aromatic rings. The van der Waals surface area contributed by atoms with E-state index in [0.29, 0.717) is 34.9 Å². The summed E-state index contributed by atoms with van der Waals surface area (Å²) in [6.45, 7) is 4.29. The Morgan fingerprint density at radius 3 is 3.11 bits per heavy atom. The van der Waals surface area contributed by atoms with E-state index in [4.69, 9.17) is 12.2 Å². The fourth-order valence-corrected chi connectivity index (χ4v) is 4.15. The molecule has 1 aliphatic carbocycles. The van der Waals surface area contributed by atoms with E-state index in [1.165, 1.54) is 17.4 Å². The van der Waals surface area contributed by atoms with Gasteiger partial charge in [0.1, 0.15) is 11.6 Å². The monoisotopic (exact) mass is 415 g/mol. The number of aromatic amines is 1. The second kappa shape index (κ2) is 7.76. The van der Waals surface area contributed by atoms with Crippen LogP contribution in [0, 0.1) is 16.5 Å². The summed E-state index contributed by atoms with van der Waals surface area (Å²) >= 11 is 6.57. The minimum Gasteiger partial charge on any atom is -0.302 e. The first kappa shape index (κ1) is 18.7. The Balaban J connectivity index is 1.39. The highest BCUT2D eigenvalue weighted by Gasteiger charge is 2.45. The summed E-state index contributed by atoms with van der Waals surface area (Å²) in [5.41, 5.74) is 1.40. The summed E-state index contributed by atoms with van der Waals surface area (Å²) < 4.78 is 16.3. The molecule has 1 aromatic carbocycles. The van der Waals surface area contributed by atoms with E-state index in [-0.39, 0.29) is 23.6 Å². The van der Waals surface area contributed by atoms with E-state index >= 15 is 0 Å². The molecule has 0 saturated heterocycles. The second-order valence-electron chi connectivity index (χ2n) is 6.62. The van der Waals surface area contributed by atoms with Crippen molar-refractivity contribution in [1.82, 2.24) is 19.7 Å². The van der Waals surface area contributed by atoms with Crippen LogP contribution in [0.1, 0.15) is 29.4 Å². The van der Waals surface area contributed by atoms with Gasteiger partial charge in [-0.1, -0.05) is 24.3 Å². The van der Waals surface area contributed by atoms with E-state index in [0.717, 1.165) is 11.5 Å². The quantitative estimate of drug-likeness (QED) is 0.451. The normalized spacial score (nSPS) is 18.0. The molecule has 9 heteroatoms. The number of hydrogen-bond donors (Lipinski definition) is 2. The number of allylic oxidation sites excluding steroid dienone is 1. The molecule has 1 amide bonds. The summed E-state index contributed by atoms with van der Waals surface area (Å²) in [5.74, 6) is 0.104. The maximum absolute atomic E-state index is 13.9. The van der Waals surface area contributed by atoms with Crippen LogP contribution in [0.4, 0.5) is 9.52 Å². The van der Waals surface area contributed by atoms with Gasteiger partial charge in [-0.05, 0) is 36.2 Å². The number of rotatable bonds is 7. The number of thiazole rings is 1. The maximum atomic E-state index is 13.9. The summed E-state index contributed by atoms with van der Waals surface area (Å²) in [4.78, 5) is 16.9. The lowest BCUT2D eigenvalue weighted by atomic mass is 10.1. The van der Waals surface area contributed by atoms with Gasteiger partial charge in [-0.3, -0.25) is 14.5 Å². The van der Waals surface area contributed by atoms with Crippen LogP contribution in [0.15, 0.2) is 42.3 Å². The molecular weight excluding hydrogens is 397 g/mol. The van der Waals surface area contributed by atoms with Crippen molar-refractivity contribution in [3.8, 4) is 0 Å². The molecule has 2 unspecified atom stereocenters. The van der Waals surface area contributed by atoms with Crippen LogP contribution in [0.5, 0.6) is 0 Å². The van der Waals surface area contributed by atoms with Crippen LogP contribution in [-0.4, -0.2) is 25.7 Å². The number of hydrogen-bond acceptors (Lipinski definition) is 5. The number of benzene rings is 1. The number of H-pyrrole nitrogens is 1. The highest BCUT2D eigenvalue weighted by Crippen LogP contribution is 2.48. The largest absolute Gasteiger partial charge is 0.302 e. The topological polar surface area (TPSA) is 75.6 Å². The molecule has 2 aromatic heterocycles. The molecular formula is C19H18FN5OS2. The number of anilines is 1. The Morgan fingerprint density at radius 2 is 2.32 bits per heavy atom. The fraction of sp³-hybridized carbons (Fsp3) is 0.263. The Bertz CT molecular complexity index is 1090. The van der Waals surface area contributed by atoms with Crippen molar-refractivity contribution in [1.29, 1.82) is 0 Å². The number of nitrogens with zero attached hydrogens (tertiary/aromatic N) is 3. The number of amides is 1. The zero-order valence-corrected chi connectivity index (χ0v) is 16.5. The van der Waals surface area contributed by atoms with Gasteiger partial charge in [-0.2, -0.15) is 5.10 Å². The third-order valence-electron chi connectivity index (χ3n) is 4.70. The number of halogens is 1. The third kappa shape index (κ3) is 3.81. The minimum atomic E-state index is -0.257. The van der Waals surface area contributed by atoms with Crippen molar-refractivity contribution in [3.63, 3.8) is 0 Å². The first-order valence-electron chi connectivity index (χ1n) is 8.81. The second-order valence-corrected chi connectivity index (χ2v) is 7.87. The van der Waals surface area contributed by atoms with Crippen LogP contribution < -0.4 is 5.32 Å². The molecule has 144 valence electrons. The van der Waals surface area contributed by atoms with Crippen LogP contribution >= 0.6 is 23.6 Å². The highest BCUT2D eigenvalue weighted by molar-refractivity contribution is 7.71. The van der Waals surface area contributed by atoms with Crippen molar-refractivity contribution in [2.75, 3.05) is 5.32 Å². The van der Waals surface area contributed by atoms with Crippen molar-refractivity contribution in [2.24, 2.45) is 5.92 Å². The predicted octanol–water partition coefficient (Wildman–Crippen LogP) is 4.06. The molecule has 0 spiro atoms. The minimum absolute atomic E-state index is 0.0620. The number of nitrogens with one attached hydrogen (secondary N) is 2. The third-order valence-corrected chi connectivity index (χ3v) is 5.82. The van der Waals surface area contributed by atoms with E-state index < -0.39 is 0 Å². The molecule has 0 aliphatic heterocycles. The zero-order chi connectivity index (χ0) is 19.7. The summed E-state index contributed by atoms with van der Waals surface area (Å²) in [5, 5.41) is 12.3.